The van der Waals surface area contributed by atoms with Crippen molar-refractivity contribution in [1.82, 2.24) is 10.2 Å². The Bertz CT molecular complexity index is 1140. The van der Waals surface area contributed by atoms with Crippen LogP contribution in [0.3, 0.4) is 0 Å². The van der Waals surface area contributed by atoms with Crippen molar-refractivity contribution in [3.05, 3.63) is 88.9 Å². The molecule has 1 aliphatic heterocycles. The maximum absolute atomic E-state index is 13.3. The van der Waals surface area contributed by atoms with Crippen LogP contribution >= 0.6 is 0 Å². The van der Waals surface area contributed by atoms with Gasteiger partial charge in [-0.1, -0.05) is 35.9 Å². The van der Waals surface area contributed by atoms with E-state index >= 15 is 0 Å². The largest absolute Gasteiger partial charge is 0.481 e. The smallest absolute Gasteiger partial charge is 0.290 e. The molecular formula is C27H30N2O4. The Morgan fingerprint density at radius 3 is 2.61 bits per heavy atom. The number of nitrogens with zero attached hydrogens (tertiary/aromatic N) is 1. The van der Waals surface area contributed by atoms with Crippen molar-refractivity contribution in [3.63, 3.8) is 0 Å². The minimum atomic E-state index is -0.632. The summed E-state index contributed by atoms with van der Waals surface area (Å²) < 4.78 is 11.4. The average Bonchev–Trinajstić information content (AvgIpc) is 3.32. The second kappa shape index (κ2) is 9.53. The summed E-state index contributed by atoms with van der Waals surface area (Å²) in [6, 6.07) is 17.3. The lowest BCUT2D eigenvalue weighted by atomic mass is 9.87. The molecule has 0 aliphatic carbocycles. The van der Waals surface area contributed by atoms with Gasteiger partial charge in [-0.2, -0.15) is 0 Å². The molecule has 2 heterocycles. The summed E-state index contributed by atoms with van der Waals surface area (Å²) in [6.07, 6.45) is 1.61. The maximum atomic E-state index is 13.3. The Kier molecular flexibility index (Phi) is 6.54. The normalized spacial score (nSPS) is 16.3. The van der Waals surface area contributed by atoms with Gasteiger partial charge in [0.2, 0.25) is 0 Å². The monoisotopic (exact) mass is 446 g/mol. The lowest BCUT2D eigenvalue weighted by Gasteiger charge is -2.37. The Balaban J connectivity index is 1.71. The van der Waals surface area contributed by atoms with Gasteiger partial charge in [-0.05, 0) is 75.1 Å². The van der Waals surface area contributed by atoms with Crippen LogP contribution in [0.1, 0.15) is 59.6 Å². The van der Waals surface area contributed by atoms with Crippen molar-refractivity contribution in [2.24, 2.45) is 0 Å². The number of fused-ring (bicyclic) bond motifs is 1. The molecule has 1 aliphatic rings. The third-order valence-electron chi connectivity index (χ3n) is 5.81. The zero-order chi connectivity index (χ0) is 23.5. The minimum Gasteiger partial charge on any atom is -0.481 e. The van der Waals surface area contributed by atoms with Gasteiger partial charge in [0, 0.05) is 12.6 Å². The molecule has 2 amide bonds. The average molecular weight is 447 g/mol. The Labute approximate surface area is 194 Å². The molecule has 4 rings (SSSR count). The molecule has 2 unspecified atom stereocenters. The Morgan fingerprint density at radius 2 is 1.91 bits per heavy atom. The summed E-state index contributed by atoms with van der Waals surface area (Å²) in [5, 5.41) is 2.88. The molecule has 0 bridgehead atoms. The van der Waals surface area contributed by atoms with Crippen LogP contribution in [0, 0.1) is 6.92 Å². The number of ether oxygens (including phenoxy) is 1. The van der Waals surface area contributed by atoms with Gasteiger partial charge in [-0.3, -0.25) is 9.59 Å². The van der Waals surface area contributed by atoms with E-state index in [1.54, 1.807) is 19.1 Å². The summed E-state index contributed by atoms with van der Waals surface area (Å²) in [5.74, 6) is 0.619. The van der Waals surface area contributed by atoms with Crippen molar-refractivity contribution >= 4 is 11.8 Å². The first-order valence-electron chi connectivity index (χ1n) is 11.3. The number of carbonyl (C=O) groups excluding carboxylic acids is 2. The molecule has 0 radical (unpaired) electrons. The van der Waals surface area contributed by atoms with E-state index < -0.39 is 6.10 Å². The molecular weight excluding hydrogens is 416 g/mol. The van der Waals surface area contributed by atoms with Gasteiger partial charge in [0.25, 0.3) is 11.8 Å². The van der Waals surface area contributed by atoms with Gasteiger partial charge in [0.05, 0.1) is 12.3 Å². The third-order valence-corrected chi connectivity index (χ3v) is 5.81. The van der Waals surface area contributed by atoms with Crippen molar-refractivity contribution in [2.45, 2.75) is 52.3 Å². The maximum Gasteiger partial charge on any atom is 0.290 e. The number of hydrogen-bond donors (Lipinski definition) is 1. The van der Waals surface area contributed by atoms with Gasteiger partial charge in [0.1, 0.15) is 5.75 Å². The highest BCUT2D eigenvalue weighted by Crippen LogP contribution is 2.38. The van der Waals surface area contributed by atoms with Gasteiger partial charge < -0.3 is 19.4 Å². The van der Waals surface area contributed by atoms with Crippen LogP contribution in [0.4, 0.5) is 0 Å². The summed E-state index contributed by atoms with van der Waals surface area (Å²) in [4.78, 5) is 27.5. The van der Waals surface area contributed by atoms with Crippen LogP contribution < -0.4 is 10.1 Å². The third kappa shape index (κ3) is 4.95. The predicted molar refractivity (Wildman–Crippen MR) is 126 cm³/mol. The number of furan rings is 1. The van der Waals surface area contributed by atoms with Gasteiger partial charge in [-0.15, -0.1) is 0 Å². The molecule has 0 fully saturated rings. The Hall–Kier alpha value is -3.54. The molecule has 6 nitrogen and oxygen atoms in total. The number of benzene rings is 2. The van der Waals surface area contributed by atoms with Crippen LogP contribution in [0.25, 0.3) is 0 Å². The molecule has 0 spiro atoms. The van der Waals surface area contributed by atoms with E-state index in [4.69, 9.17) is 9.15 Å². The van der Waals surface area contributed by atoms with Crippen molar-refractivity contribution in [1.29, 1.82) is 0 Å². The van der Waals surface area contributed by atoms with Crippen LogP contribution in [-0.2, 0) is 11.2 Å². The molecule has 1 aromatic heterocycles. The SMILES string of the molecule is Cc1cccc(C2c3cc(OC(C)C(=O)NC(C)C)ccc3CCN2C(=O)c2ccco2)c1. The molecule has 0 saturated carbocycles. The molecule has 1 N–H and O–H groups in total. The number of amides is 2. The summed E-state index contributed by atoms with van der Waals surface area (Å²) >= 11 is 0. The van der Waals surface area contributed by atoms with Crippen LogP contribution in [0.15, 0.2) is 65.3 Å². The first-order valence-corrected chi connectivity index (χ1v) is 11.3. The van der Waals surface area contributed by atoms with Crippen LogP contribution in [-0.4, -0.2) is 35.4 Å². The van der Waals surface area contributed by atoms with Crippen LogP contribution in [0.2, 0.25) is 0 Å². The fourth-order valence-corrected chi connectivity index (χ4v) is 4.29. The van der Waals surface area contributed by atoms with Crippen molar-refractivity contribution in [3.8, 4) is 5.75 Å². The van der Waals surface area contributed by atoms with E-state index in [9.17, 15) is 9.59 Å². The zero-order valence-corrected chi connectivity index (χ0v) is 19.5. The van der Waals surface area contributed by atoms with E-state index in [2.05, 4.69) is 11.4 Å². The molecule has 2 aromatic carbocycles. The molecule has 3 aromatic rings. The Morgan fingerprint density at radius 1 is 1.09 bits per heavy atom. The number of rotatable bonds is 6. The van der Waals surface area contributed by atoms with Crippen LogP contribution in [0.5, 0.6) is 5.75 Å². The first-order chi connectivity index (χ1) is 15.8. The highest BCUT2D eigenvalue weighted by Gasteiger charge is 2.34. The van der Waals surface area contributed by atoms with Gasteiger partial charge >= 0.3 is 0 Å². The molecule has 2 atom stereocenters. The van der Waals surface area contributed by atoms with E-state index in [0.717, 1.165) is 28.7 Å². The summed E-state index contributed by atoms with van der Waals surface area (Å²) in [5.41, 5.74) is 4.31. The predicted octanol–water partition coefficient (Wildman–Crippen LogP) is 4.67. The number of carbonyl (C=O) groups is 2. The first kappa shape index (κ1) is 22.6. The van der Waals surface area contributed by atoms with Crippen molar-refractivity contribution in [2.75, 3.05) is 6.54 Å². The topological polar surface area (TPSA) is 71.8 Å². The highest BCUT2D eigenvalue weighted by atomic mass is 16.5. The summed E-state index contributed by atoms with van der Waals surface area (Å²) in [7, 11) is 0. The quantitative estimate of drug-likeness (QED) is 0.597. The lowest BCUT2D eigenvalue weighted by molar-refractivity contribution is -0.127. The second-order valence-corrected chi connectivity index (χ2v) is 8.83. The number of aryl methyl sites for hydroxylation is 1. The fraction of sp³-hybridized carbons (Fsp3) is 0.333. The minimum absolute atomic E-state index is 0.0407. The highest BCUT2D eigenvalue weighted by molar-refractivity contribution is 5.92. The molecule has 33 heavy (non-hydrogen) atoms. The van der Waals surface area contributed by atoms with E-state index in [1.807, 2.05) is 62.1 Å². The summed E-state index contributed by atoms with van der Waals surface area (Å²) in [6.45, 7) is 8.20. The fourth-order valence-electron chi connectivity index (χ4n) is 4.29. The standard InChI is InChI=1S/C27H30N2O4/c1-17(2)28-26(30)19(4)33-22-11-10-20-12-13-29(27(31)24-9-6-14-32-24)25(23(20)16-22)21-8-5-7-18(3)15-21/h5-11,14-17,19,25H,12-13H2,1-4H3,(H,28,30). The zero-order valence-electron chi connectivity index (χ0n) is 19.5. The molecule has 172 valence electrons. The molecule has 0 saturated heterocycles. The van der Waals surface area contributed by atoms with E-state index in [-0.39, 0.29) is 23.9 Å². The van der Waals surface area contributed by atoms with Crippen molar-refractivity contribution < 1.29 is 18.7 Å². The lowest BCUT2D eigenvalue weighted by Crippen LogP contribution is -2.41. The van der Waals surface area contributed by atoms with E-state index in [1.165, 1.54) is 6.26 Å². The van der Waals surface area contributed by atoms with Gasteiger partial charge in [0.15, 0.2) is 11.9 Å². The van der Waals surface area contributed by atoms with E-state index in [0.29, 0.717) is 18.1 Å². The molecule has 6 heteroatoms. The van der Waals surface area contributed by atoms with Gasteiger partial charge in [-0.25, -0.2) is 0 Å². The second-order valence-electron chi connectivity index (χ2n) is 8.83. The number of hydrogen-bond acceptors (Lipinski definition) is 4. The number of nitrogens with one attached hydrogen (secondary N) is 1.